The summed E-state index contributed by atoms with van der Waals surface area (Å²) in [5, 5.41) is 0. The largest absolute Gasteiger partial charge is 0.296 e. The number of benzene rings is 1. The summed E-state index contributed by atoms with van der Waals surface area (Å²) in [5.41, 5.74) is -0.292. The molecule has 0 spiro atoms. The van der Waals surface area contributed by atoms with E-state index in [4.69, 9.17) is 8.37 Å². The van der Waals surface area contributed by atoms with Gasteiger partial charge in [-0.1, -0.05) is 30.3 Å². The van der Waals surface area contributed by atoms with Crippen LogP contribution in [0, 0.1) is 0 Å². The SMILES string of the molecule is CN1C[C@](C)(OS(C)(=O)=O)[C@H](OS(C)(=O)=O)C[C@@H]1c1ccccc1. The maximum Gasteiger partial charge on any atom is 0.265 e. The van der Waals surface area contributed by atoms with Crippen molar-refractivity contribution >= 4 is 20.2 Å². The number of likely N-dealkylation sites (tertiary alicyclic amines) is 1. The molecular weight excluding hydrogens is 354 g/mol. The molecule has 0 unspecified atom stereocenters. The van der Waals surface area contributed by atoms with Crippen LogP contribution in [0.2, 0.25) is 0 Å². The summed E-state index contributed by atoms with van der Waals surface area (Å²) in [4.78, 5) is 1.95. The molecule has 0 N–H and O–H groups in total. The first-order valence-electron chi connectivity index (χ1n) is 7.44. The molecule has 24 heavy (non-hydrogen) atoms. The van der Waals surface area contributed by atoms with Crippen molar-refractivity contribution in [3.63, 3.8) is 0 Å². The monoisotopic (exact) mass is 377 g/mol. The standard InChI is InChI=1S/C15H23NO6S2/c1-15(22-24(4,19)20)11-16(2)13(12-8-6-5-7-9-12)10-14(15)21-23(3,17)18/h5-9,13-14H,10-11H2,1-4H3/t13-,14-,15+/m1/s1. The van der Waals surface area contributed by atoms with Crippen LogP contribution in [0.1, 0.15) is 24.9 Å². The van der Waals surface area contributed by atoms with Crippen molar-refractivity contribution < 1.29 is 25.2 Å². The summed E-state index contributed by atoms with van der Waals surface area (Å²) in [6.45, 7) is 1.77. The van der Waals surface area contributed by atoms with Gasteiger partial charge in [0.1, 0.15) is 11.7 Å². The van der Waals surface area contributed by atoms with Gasteiger partial charge in [-0.3, -0.25) is 13.3 Å². The van der Waals surface area contributed by atoms with Crippen molar-refractivity contribution in [3.8, 4) is 0 Å². The highest BCUT2D eigenvalue weighted by Gasteiger charge is 2.48. The first-order valence-corrected chi connectivity index (χ1v) is 11.1. The Labute approximate surface area is 143 Å². The Balaban J connectivity index is 2.37. The molecule has 0 bridgehead atoms. The van der Waals surface area contributed by atoms with Gasteiger partial charge in [-0.15, -0.1) is 0 Å². The number of likely N-dealkylation sites (N-methyl/N-ethyl adjacent to an activating group) is 1. The molecule has 9 heteroatoms. The fraction of sp³-hybridized carbons (Fsp3) is 0.600. The Morgan fingerprint density at radius 3 is 2.17 bits per heavy atom. The molecule has 1 aromatic carbocycles. The quantitative estimate of drug-likeness (QED) is 0.711. The minimum Gasteiger partial charge on any atom is -0.296 e. The van der Waals surface area contributed by atoms with Crippen molar-refractivity contribution in [2.75, 3.05) is 26.1 Å². The molecule has 1 aliphatic rings. The third kappa shape index (κ3) is 5.00. The Morgan fingerprint density at radius 2 is 1.67 bits per heavy atom. The summed E-state index contributed by atoms with van der Waals surface area (Å²) in [6, 6.07) is 9.48. The van der Waals surface area contributed by atoms with Crippen LogP contribution in [0.3, 0.4) is 0 Å². The van der Waals surface area contributed by atoms with Crippen LogP contribution < -0.4 is 0 Å². The van der Waals surface area contributed by atoms with E-state index < -0.39 is 31.9 Å². The molecule has 1 heterocycles. The van der Waals surface area contributed by atoms with Gasteiger partial charge in [-0.05, 0) is 26.0 Å². The van der Waals surface area contributed by atoms with Crippen molar-refractivity contribution in [1.82, 2.24) is 4.90 Å². The van der Waals surface area contributed by atoms with Gasteiger partial charge in [-0.25, -0.2) is 0 Å². The van der Waals surface area contributed by atoms with E-state index in [9.17, 15) is 16.8 Å². The van der Waals surface area contributed by atoms with Crippen LogP contribution in [-0.2, 0) is 28.6 Å². The number of nitrogens with zero attached hydrogens (tertiary/aromatic N) is 1. The van der Waals surface area contributed by atoms with Gasteiger partial charge in [0, 0.05) is 12.6 Å². The van der Waals surface area contributed by atoms with Crippen LogP contribution in [0.15, 0.2) is 30.3 Å². The lowest BCUT2D eigenvalue weighted by atomic mass is 9.85. The lowest BCUT2D eigenvalue weighted by molar-refractivity contribution is -0.0879. The molecule has 1 aromatic rings. The van der Waals surface area contributed by atoms with Crippen LogP contribution >= 0.6 is 0 Å². The van der Waals surface area contributed by atoms with Gasteiger partial charge in [0.05, 0.1) is 12.5 Å². The lowest BCUT2D eigenvalue weighted by Crippen LogP contribution is -2.58. The van der Waals surface area contributed by atoms with Gasteiger partial charge in [-0.2, -0.15) is 16.8 Å². The minimum absolute atomic E-state index is 0.103. The number of hydrogen-bond donors (Lipinski definition) is 0. The molecule has 0 saturated carbocycles. The Morgan fingerprint density at radius 1 is 1.08 bits per heavy atom. The summed E-state index contributed by atoms with van der Waals surface area (Å²) < 4.78 is 56.9. The third-order valence-corrected chi connectivity index (χ3v) is 5.30. The van der Waals surface area contributed by atoms with E-state index in [2.05, 4.69) is 0 Å². The zero-order valence-electron chi connectivity index (χ0n) is 14.2. The molecule has 0 amide bonds. The summed E-state index contributed by atoms with van der Waals surface area (Å²) >= 11 is 0. The fourth-order valence-electron chi connectivity index (χ4n) is 3.18. The number of piperidine rings is 1. The smallest absolute Gasteiger partial charge is 0.265 e. The second-order valence-electron chi connectivity index (χ2n) is 6.47. The lowest BCUT2D eigenvalue weighted by Gasteiger charge is -2.47. The van der Waals surface area contributed by atoms with E-state index in [1.165, 1.54) is 0 Å². The predicted molar refractivity (Wildman–Crippen MR) is 90.5 cm³/mol. The zero-order valence-corrected chi connectivity index (χ0v) is 15.8. The first-order chi connectivity index (χ1) is 10.9. The summed E-state index contributed by atoms with van der Waals surface area (Å²) in [6.07, 6.45) is 1.27. The number of hydrogen-bond acceptors (Lipinski definition) is 7. The number of rotatable bonds is 5. The average Bonchev–Trinajstić information content (AvgIpc) is 2.39. The van der Waals surface area contributed by atoms with Crippen LogP contribution in [0.5, 0.6) is 0 Å². The third-order valence-electron chi connectivity index (χ3n) is 4.03. The summed E-state index contributed by atoms with van der Waals surface area (Å²) in [7, 11) is -5.70. The van der Waals surface area contributed by atoms with Gasteiger partial charge < -0.3 is 0 Å². The highest BCUT2D eigenvalue weighted by atomic mass is 32.2. The first kappa shape index (κ1) is 19.3. The van der Waals surface area contributed by atoms with Crippen LogP contribution in [0.4, 0.5) is 0 Å². The fourth-order valence-corrected chi connectivity index (χ4v) is 4.74. The maximum absolute atomic E-state index is 11.6. The van der Waals surface area contributed by atoms with E-state index >= 15 is 0 Å². The topological polar surface area (TPSA) is 90.0 Å². The summed E-state index contributed by atoms with van der Waals surface area (Å²) in [5.74, 6) is 0. The van der Waals surface area contributed by atoms with Gasteiger partial charge in [0.25, 0.3) is 20.2 Å². The van der Waals surface area contributed by atoms with Crippen molar-refractivity contribution in [3.05, 3.63) is 35.9 Å². The molecule has 1 aliphatic heterocycles. The maximum atomic E-state index is 11.6. The van der Waals surface area contributed by atoms with E-state index in [1.54, 1.807) is 6.92 Å². The van der Waals surface area contributed by atoms with E-state index in [1.807, 2.05) is 42.3 Å². The molecular formula is C15H23NO6S2. The van der Waals surface area contributed by atoms with Crippen molar-refractivity contribution in [2.45, 2.75) is 31.1 Å². The highest BCUT2D eigenvalue weighted by molar-refractivity contribution is 7.86. The van der Waals surface area contributed by atoms with Crippen LogP contribution in [-0.4, -0.2) is 59.5 Å². The van der Waals surface area contributed by atoms with Gasteiger partial charge in [0.2, 0.25) is 0 Å². The Kier molecular flexibility index (Phi) is 5.41. The molecule has 1 saturated heterocycles. The Bertz CT molecular complexity index is 777. The normalized spacial score (nSPS) is 29.5. The molecule has 136 valence electrons. The van der Waals surface area contributed by atoms with E-state index in [-0.39, 0.29) is 12.6 Å². The molecule has 1 fully saturated rings. The van der Waals surface area contributed by atoms with E-state index in [0.717, 1.165) is 18.1 Å². The molecule has 0 aromatic heterocycles. The van der Waals surface area contributed by atoms with Crippen molar-refractivity contribution in [1.29, 1.82) is 0 Å². The molecule has 0 aliphatic carbocycles. The zero-order chi connectivity index (χ0) is 18.2. The van der Waals surface area contributed by atoms with E-state index in [0.29, 0.717) is 6.42 Å². The van der Waals surface area contributed by atoms with Crippen molar-refractivity contribution in [2.24, 2.45) is 0 Å². The van der Waals surface area contributed by atoms with Gasteiger partial charge >= 0.3 is 0 Å². The molecule has 3 atom stereocenters. The minimum atomic E-state index is -3.78. The van der Waals surface area contributed by atoms with Crippen LogP contribution in [0.25, 0.3) is 0 Å². The average molecular weight is 377 g/mol. The predicted octanol–water partition coefficient (Wildman–Crippen LogP) is 1.14. The molecule has 2 rings (SSSR count). The van der Waals surface area contributed by atoms with Gasteiger partial charge in [0.15, 0.2) is 0 Å². The molecule has 7 nitrogen and oxygen atoms in total. The Hall–Kier alpha value is -1.00. The second-order valence-corrected chi connectivity index (χ2v) is 9.64. The second kappa shape index (κ2) is 6.72. The molecule has 0 radical (unpaired) electrons. The highest BCUT2D eigenvalue weighted by Crippen LogP contribution is 2.39.